The van der Waals surface area contributed by atoms with E-state index in [-0.39, 0.29) is 5.84 Å². The fraction of sp³-hybridized carbons (Fsp3) is 0.133. The van der Waals surface area contributed by atoms with Gasteiger partial charge in [-0.05, 0) is 35.9 Å². The molecular weight excluding hydrogens is 254 g/mol. The molecule has 2 aromatic carbocycles. The van der Waals surface area contributed by atoms with Gasteiger partial charge in [0.15, 0.2) is 5.84 Å². The van der Waals surface area contributed by atoms with Crippen molar-refractivity contribution in [3.8, 4) is 5.75 Å². The van der Waals surface area contributed by atoms with Crippen LogP contribution in [0.25, 0.3) is 0 Å². The van der Waals surface area contributed by atoms with Crippen LogP contribution < -0.4 is 15.8 Å². The maximum Gasteiger partial charge on any atom is 0.170 e. The lowest BCUT2D eigenvalue weighted by Gasteiger charge is -2.08. The Balaban J connectivity index is 2.03. The van der Waals surface area contributed by atoms with Gasteiger partial charge in [0, 0.05) is 17.8 Å². The third-order valence-electron chi connectivity index (χ3n) is 2.92. The molecule has 0 aliphatic carbocycles. The van der Waals surface area contributed by atoms with E-state index in [1.54, 1.807) is 13.2 Å². The average molecular weight is 271 g/mol. The number of amidine groups is 1. The molecule has 0 amide bonds. The molecule has 0 radical (unpaired) electrons. The largest absolute Gasteiger partial charge is 0.497 e. The Bertz CT molecular complexity index is 594. The van der Waals surface area contributed by atoms with Gasteiger partial charge in [-0.1, -0.05) is 23.4 Å². The maximum atomic E-state index is 8.67. The van der Waals surface area contributed by atoms with E-state index in [0.717, 1.165) is 17.0 Å². The standard InChI is InChI=1S/C15H17N3O2/c1-20-14-7-5-13(6-8-14)17-10-11-3-2-4-12(9-11)15(16)18-19/h2-9,17,19H,10H2,1H3,(H2,16,18). The van der Waals surface area contributed by atoms with E-state index in [2.05, 4.69) is 10.5 Å². The van der Waals surface area contributed by atoms with E-state index in [4.69, 9.17) is 15.7 Å². The molecule has 0 aliphatic heterocycles. The number of benzene rings is 2. The van der Waals surface area contributed by atoms with Gasteiger partial charge in [-0.25, -0.2) is 0 Å². The quantitative estimate of drug-likeness (QED) is 0.337. The number of oxime groups is 1. The SMILES string of the molecule is COc1ccc(NCc2cccc(C(N)=NO)c2)cc1. The van der Waals surface area contributed by atoms with Crippen LogP contribution in [0.2, 0.25) is 0 Å². The number of nitrogens with one attached hydrogen (secondary N) is 1. The Morgan fingerprint density at radius 2 is 2.00 bits per heavy atom. The van der Waals surface area contributed by atoms with E-state index in [9.17, 15) is 0 Å². The molecule has 0 aliphatic rings. The van der Waals surface area contributed by atoms with Gasteiger partial charge in [0.25, 0.3) is 0 Å². The summed E-state index contributed by atoms with van der Waals surface area (Å²) < 4.78 is 5.11. The van der Waals surface area contributed by atoms with Gasteiger partial charge in [-0.15, -0.1) is 0 Å². The van der Waals surface area contributed by atoms with Crippen LogP contribution in [0.4, 0.5) is 5.69 Å². The number of methoxy groups -OCH3 is 1. The van der Waals surface area contributed by atoms with Crippen LogP contribution in [0, 0.1) is 0 Å². The molecule has 5 heteroatoms. The smallest absolute Gasteiger partial charge is 0.170 e. The van der Waals surface area contributed by atoms with Crippen molar-refractivity contribution in [1.29, 1.82) is 0 Å². The van der Waals surface area contributed by atoms with Gasteiger partial charge < -0.3 is 21.0 Å². The molecule has 0 saturated heterocycles. The zero-order chi connectivity index (χ0) is 14.4. The first-order valence-electron chi connectivity index (χ1n) is 6.17. The lowest BCUT2D eigenvalue weighted by atomic mass is 10.1. The molecule has 0 heterocycles. The summed E-state index contributed by atoms with van der Waals surface area (Å²) in [5, 5.41) is 15.0. The summed E-state index contributed by atoms with van der Waals surface area (Å²) in [6.07, 6.45) is 0. The molecule has 0 bridgehead atoms. The third-order valence-corrected chi connectivity index (χ3v) is 2.92. The Kier molecular flexibility index (Phi) is 4.44. The molecule has 0 saturated carbocycles. The summed E-state index contributed by atoms with van der Waals surface area (Å²) >= 11 is 0. The van der Waals surface area contributed by atoms with Crippen molar-refractivity contribution in [3.63, 3.8) is 0 Å². The fourth-order valence-electron chi connectivity index (χ4n) is 1.81. The zero-order valence-corrected chi connectivity index (χ0v) is 11.2. The second kappa shape index (κ2) is 6.47. The van der Waals surface area contributed by atoms with Crippen LogP contribution in [0.5, 0.6) is 5.75 Å². The summed E-state index contributed by atoms with van der Waals surface area (Å²) in [7, 11) is 1.64. The summed E-state index contributed by atoms with van der Waals surface area (Å²) in [4.78, 5) is 0. The molecule has 0 fully saturated rings. The molecule has 0 spiro atoms. The van der Waals surface area contributed by atoms with Crippen molar-refractivity contribution >= 4 is 11.5 Å². The van der Waals surface area contributed by atoms with Gasteiger partial charge in [0.1, 0.15) is 5.75 Å². The zero-order valence-electron chi connectivity index (χ0n) is 11.2. The highest BCUT2D eigenvalue weighted by Crippen LogP contribution is 2.16. The van der Waals surface area contributed by atoms with Gasteiger partial charge in [-0.3, -0.25) is 0 Å². The predicted octanol–water partition coefficient (Wildman–Crippen LogP) is 2.40. The van der Waals surface area contributed by atoms with Crippen molar-refractivity contribution in [3.05, 3.63) is 59.7 Å². The Labute approximate surface area is 117 Å². The van der Waals surface area contributed by atoms with Crippen molar-refractivity contribution in [2.24, 2.45) is 10.9 Å². The lowest BCUT2D eigenvalue weighted by molar-refractivity contribution is 0.318. The van der Waals surface area contributed by atoms with E-state index in [1.807, 2.05) is 42.5 Å². The number of rotatable bonds is 5. The van der Waals surface area contributed by atoms with E-state index in [0.29, 0.717) is 12.1 Å². The summed E-state index contributed by atoms with van der Waals surface area (Å²) in [6, 6.07) is 15.2. The van der Waals surface area contributed by atoms with Gasteiger partial charge in [-0.2, -0.15) is 0 Å². The first-order valence-corrected chi connectivity index (χ1v) is 6.17. The number of hydrogen-bond donors (Lipinski definition) is 3. The van der Waals surface area contributed by atoms with Crippen LogP contribution >= 0.6 is 0 Å². The van der Waals surface area contributed by atoms with Crippen molar-refractivity contribution < 1.29 is 9.94 Å². The Morgan fingerprint density at radius 1 is 1.25 bits per heavy atom. The highest BCUT2D eigenvalue weighted by Gasteiger charge is 2.01. The second-order valence-electron chi connectivity index (χ2n) is 4.27. The minimum Gasteiger partial charge on any atom is -0.497 e. The van der Waals surface area contributed by atoms with Crippen molar-refractivity contribution in [2.45, 2.75) is 6.54 Å². The number of hydrogen-bond acceptors (Lipinski definition) is 4. The third kappa shape index (κ3) is 3.41. The van der Waals surface area contributed by atoms with Crippen molar-refractivity contribution in [2.75, 3.05) is 12.4 Å². The highest BCUT2D eigenvalue weighted by atomic mass is 16.5. The number of nitrogens with two attached hydrogens (primary N) is 1. The summed E-state index contributed by atoms with van der Waals surface area (Å²) in [5.74, 6) is 0.931. The molecule has 4 N–H and O–H groups in total. The molecule has 0 atom stereocenters. The minimum atomic E-state index is 0.108. The van der Waals surface area contributed by atoms with E-state index < -0.39 is 0 Å². The van der Waals surface area contributed by atoms with Crippen LogP contribution in [0.3, 0.4) is 0 Å². The molecule has 20 heavy (non-hydrogen) atoms. The Morgan fingerprint density at radius 3 is 2.65 bits per heavy atom. The van der Waals surface area contributed by atoms with E-state index >= 15 is 0 Å². The normalized spacial score (nSPS) is 11.2. The van der Waals surface area contributed by atoms with E-state index in [1.165, 1.54) is 0 Å². The van der Waals surface area contributed by atoms with Crippen LogP contribution in [-0.4, -0.2) is 18.2 Å². The van der Waals surface area contributed by atoms with Crippen LogP contribution in [0.15, 0.2) is 53.7 Å². The molecule has 2 aromatic rings. The summed E-state index contributed by atoms with van der Waals surface area (Å²) in [6.45, 7) is 0.652. The predicted molar refractivity (Wildman–Crippen MR) is 79.3 cm³/mol. The number of nitrogens with zero attached hydrogens (tertiary/aromatic N) is 1. The highest BCUT2D eigenvalue weighted by molar-refractivity contribution is 5.97. The van der Waals surface area contributed by atoms with Gasteiger partial charge >= 0.3 is 0 Å². The molecular formula is C15H17N3O2. The van der Waals surface area contributed by atoms with Crippen LogP contribution in [0.1, 0.15) is 11.1 Å². The van der Waals surface area contributed by atoms with Gasteiger partial charge in [0.05, 0.1) is 7.11 Å². The topological polar surface area (TPSA) is 79.9 Å². The van der Waals surface area contributed by atoms with Crippen molar-refractivity contribution in [1.82, 2.24) is 0 Å². The lowest BCUT2D eigenvalue weighted by Crippen LogP contribution is -2.13. The molecule has 104 valence electrons. The minimum absolute atomic E-state index is 0.108. The molecule has 0 unspecified atom stereocenters. The summed E-state index contributed by atoms with van der Waals surface area (Å²) in [5.41, 5.74) is 8.31. The number of ether oxygens (including phenoxy) is 1. The first-order chi connectivity index (χ1) is 9.72. The molecule has 0 aromatic heterocycles. The molecule has 2 rings (SSSR count). The monoisotopic (exact) mass is 271 g/mol. The Hall–Kier alpha value is -2.69. The fourth-order valence-corrected chi connectivity index (χ4v) is 1.81. The van der Waals surface area contributed by atoms with Gasteiger partial charge in [0.2, 0.25) is 0 Å². The second-order valence-corrected chi connectivity index (χ2v) is 4.27. The number of anilines is 1. The van der Waals surface area contributed by atoms with Crippen LogP contribution in [-0.2, 0) is 6.54 Å². The average Bonchev–Trinajstić information content (AvgIpc) is 2.53. The maximum absolute atomic E-state index is 8.67. The molecule has 5 nitrogen and oxygen atoms in total. The first kappa shape index (κ1) is 13.7.